The number of carbonyl (C=O) groups is 1. The molecule has 1 aromatic carbocycles. The quantitative estimate of drug-likeness (QED) is 0.224. The lowest BCUT2D eigenvalue weighted by Gasteiger charge is -2.27. The summed E-state index contributed by atoms with van der Waals surface area (Å²) in [6.07, 6.45) is 2.56. The van der Waals surface area contributed by atoms with Gasteiger partial charge in [0.1, 0.15) is 17.4 Å². The van der Waals surface area contributed by atoms with Crippen LogP contribution in [-0.4, -0.2) is 24.3 Å². The molecule has 170 valence electrons. The first-order chi connectivity index (χ1) is 14.8. The second-order valence-electron chi connectivity index (χ2n) is 6.99. The van der Waals surface area contributed by atoms with Crippen molar-refractivity contribution in [1.29, 1.82) is 0 Å². The highest BCUT2D eigenvalue weighted by Gasteiger charge is 2.41. The van der Waals surface area contributed by atoms with Crippen LogP contribution in [0.5, 0.6) is 5.75 Å². The molecule has 2 rings (SSSR count). The van der Waals surface area contributed by atoms with E-state index in [2.05, 4.69) is 17.0 Å². The van der Waals surface area contributed by atoms with Crippen molar-refractivity contribution in [3.63, 3.8) is 0 Å². The van der Waals surface area contributed by atoms with E-state index in [0.717, 1.165) is 19.3 Å². The molecule has 0 amide bonds. The number of benzene rings is 1. The predicted octanol–water partition coefficient (Wildman–Crippen LogP) is 5.45. The van der Waals surface area contributed by atoms with Crippen LogP contribution in [0.15, 0.2) is 47.1 Å². The van der Waals surface area contributed by atoms with Crippen LogP contribution in [0.1, 0.15) is 57.9 Å². The van der Waals surface area contributed by atoms with Gasteiger partial charge in [-0.05, 0) is 26.3 Å². The molecule has 0 radical (unpaired) electrons. The smallest absolute Gasteiger partial charge is 0.435 e. The maximum absolute atomic E-state index is 12.9. The number of dihydropyridines is 1. The molecule has 0 aromatic heterocycles. The summed E-state index contributed by atoms with van der Waals surface area (Å²) in [5.74, 6) is -1.61. The SMILES string of the molecule is CCCCCCOC(=O)OC1=C(C)NC(C)=C([N+](=O)[O-])C1c1ccccc1OC(F)F. The predicted molar refractivity (Wildman–Crippen MR) is 108 cm³/mol. The maximum atomic E-state index is 12.9. The minimum Gasteiger partial charge on any atom is -0.435 e. The van der Waals surface area contributed by atoms with Crippen molar-refractivity contribution in [2.24, 2.45) is 0 Å². The summed E-state index contributed by atoms with van der Waals surface area (Å²) < 4.78 is 40.8. The van der Waals surface area contributed by atoms with Gasteiger partial charge in [0.05, 0.1) is 22.9 Å². The van der Waals surface area contributed by atoms with Crippen LogP contribution in [0.4, 0.5) is 13.6 Å². The Kier molecular flexibility index (Phi) is 8.77. The topological polar surface area (TPSA) is 99.9 Å². The van der Waals surface area contributed by atoms with Crippen molar-refractivity contribution in [3.8, 4) is 5.75 Å². The van der Waals surface area contributed by atoms with E-state index in [9.17, 15) is 23.7 Å². The van der Waals surface area contributed by atoms with Gasteiger partial charge >= 0.3 is 12.8 Å². The molecular formula is C21H26F2N2O6. The number of rotatable bonds is 10. The summed E-state index contributed by atoms with van der Waals surface area (Å²) >= 11 is 0. The van der Waals surface area contributed by atoms with Gasteiger partial charge in [-0.2, -0.15) is 8.78 Å². The van der Waals surface area contributed by atoms with Gasteiger partial charge in [-0.15, -0.1) is 0 Å². The minimum atomic E-state index is -3.13. The molecule has 1 heterocycles. The summed E-state index contributed by atoms with van der Waals surface area (Å²) in [4.78, 5) is 23.4. The number of halogens is 2. The van der Waals surface area contributed by atoms with E-state index in [1.807, 2.05) is 0 Å². The first-order valence-corrected chi connectivity index (χ1v) is 9.97. The van der Waals surface area contributed by atoms with Crippen LogP contribution in [0.25, 0.3) is 0 Å². The Labute approximate surface area is 179 Å². The van der Waals surface area contributed by atoms with Gasteiger partial charge < -0.3 is 19.5 Å². The van der Waals surface area contributed by atoms with Gasteiger partial charge in [0.15, 0.2) is 0 Å². The Hall–Kier alpha value is -3.17. The van der Waals surface area contributed by atoms with E-state index < -0.39 is 23.6 Å². The number of nitrogens with zero attached hydrogens (tertiary/aromatic N) is 1. The molecule has 0 fully saturated rings. The number of unbranched alkanes of at least 4 members (excludes halogenated alkanes) is 3. The van der Waals surface area contributed by atoms with Crippen LogP contribution in [0.3, 0.4) is 0 Å². The van der Waals surface area contributed by atoms with Crippen molar-refractivity contribution in [3.05, 3.63) is 62.8 Å². The molecule has 31 heavy (non-hydrogen) atoms. The second kappa shape index (κ2) is 11.3. The Balaban J connectivity index is 2.36. The molecule has 0 saturated carbocycles. The summed E-state index contributed by atoms with van der Waals surface area (Å²) in [5.41, 5.74) is 0.240. The Morgan fingerprint density at radius 1 is 1.19 bits per heavy atom. The molecule has 0 saturated heterocycles. The first-order valence-electron chi connectivity index (χ1n) is 9.97. The van der Waals surface area contributed by atoms with Crippen molar-refractivity contribution in [2.45, 2.75) is 59.0 Å². The number of ether oxygens (including phenoxy) is 3. The number of hydrogen-bond donors (Lipinski definition) is 1. The van der Waals surface area contributed by atoms with Gasteiger partial charge in [-0.25, -0.2) is 4.79 Å². The van der Waals surface area contributed by atoms with Crippen LogP contribution >= 0.6 is 0 Å². The fourth-order valence-corrected chi connectivity index (χ4v) is 3.36. The average Bonchev–Trinajstić information content (AvgIpc) is 2.69. The lowest BCUT2D eigenvalue weighted by molar-refractivity contribution is -0.431. The number of nitro groups is 1. The summed E-state index contributed by atoms with van der Waals surface area (Å²) in [5, 5.41) is 14.6. The first kappa shape index (κ1) is 24.1. The zero-order chi connectivity index (χ0) is 23.0. The van der Waals surface area contributed by atoms with Gasteiger partial charge in [0.25, 0.3) is 5.70 Å². The molecule has 1 N–H and O–H groups in total. The number of allylic oxidation sites excluding steroid dienone is 2. The third kappa shape index (κ3) is 6.40. The van der Waals surface area contributed by atoms with E-state index in [4.69, 9.17) is 9.47 Å². The molecule has 1 aliphatic heterocycles. The summed E-state index contributed by atoms with van der Waals surface area (Å²) in [6, 6.07) is 5.68. The van der Waals surface area contributed by atoms with Crippen molar-refractivity contribution in [2.75, 3.05) is 6.61 Å². The highest BCUT2D eigenvalue weighted by molar-refractivity contribution is 5.63. The average molecular weight is 440 g/mol. The zero-order valence-electron chi connectivity index (χ0n) is 17.7. The summed E-state index contributed by atoms with van der Waals surface area (Å²) in [6.45, 7) is 2.11. The van der Waals surface area contributed by atoms with Gasteiger partial charge in [0.2, 0.25) is 0 Å². The number of hydrogen-bond acceptors (Lipinski definition) is 7. The van der Waals surface area contributed by atoms with E-state index in [1.165, 1.54) is 31.2 Å². The standard InChI is InChI=1S/C21H26F2N2O6/c1-4-5-6-9-12-29-21(26)31-19-14(3)24-13(2)18(25(27)28)17(19)15-10-7-8-11-16(15)30-20(22)23/h7-8,10-11,17,20,24H,4-6,9,12H2,1-3H3. The van der Waals surface area contributed by atoms with E-state index in [1.54, 1.807) is 6.92 Å². The highest BCUT2D eigenvalue weighted by Crippen LogP contribution is 2.42. The Morgan fingerprint density at radius 2 is 1.90 bits per heavy atom. The van der Waals surface area contributed by atoms with Gasteiger partial charge in [-0.3, -0.25) is 10.1 Å². The number of nitrogens with one attached hydrogen (secondary N) is 1. The second-order valence-corrected chi connectivity index (χ2v) is 6.99. The molecule has 1 unspecified atom stereocenters. The van der Waals surface area contributed by atoms with E-state index in [-0.39, 0.29) is 35.1 Å². The Morgan fingerprint density at radius 3 is 2.55 bits per heavy atom. The molecule has 8 nitrogen and oxygen atoms in total. The van der Waals surface area contributed by atoms with Crippen molar-refractivity contribution in [1.82, 2.24) is 5.32 Å². The van der Waals surface area contributed by atoms with Gasteiger partial charge in [-0.1, -0.05) is 44.4 Å². The monoisotopic (exact) mass is 440 g/mol. The lowest BCUT2D eigenvalue weighted by Crippen LogP contribution is -2.30. The molecule has 1 aromatic rings. The fourth-order valence-electron chi connectivity index (χ4n) is 3.36. The Bertz CT molecular complexity index is 869. The van der Waals surface area contributed by atoms with E-state index >= 15 is 0 Å². The normalized spacial score (nSPS) is 16.3. The van der Waals surface area contributed by atoms with Gasteiger partial charge in [0, 0.05) is 5.56 Å². The summed E-state index contributed by atoms with van der Waals surface area (Å²) in [7, 11) is 0. The number of alkyl halides is 2. The zero-order valence-corrected chi connectivity index (χ0v) is 17.7. The third-order valence-electron chi connectivity index (χ3n) is 4.72. The molecule has 0 aliphatic carbocycles. The van der Waals surface area contributed by atoms with Crippen LogP contribution < -0.4 is 10.1 Å². The molecular weight excluding hydrogens is 414 g/mol. The minimum absolute atomic E-state index is 0.0699. The molecule has 1 atom stereocenters. The van der Waals surface area contributed by atoms with Crippen LogP contribution in [0, 0.1) is 10.1 Å². The van der Waals surface area contributed by atoms with Crippen LogP contribution in [0.2, 0.25) is 0 Å². The third-order valence-corrected chi connectivity index (χ3v) is 4.72. The fraction of sp³-hybridized carbons (Fsp3) is 0.476. The molecule has 0 spiro atoms. The lowest BCUT2D eigenvalue weighted by atomic mass is 9.89. The molecule has 0 bridgehead atoms. The molecule has 1 aliphatic rings. The van der Waals surface area contributed by atoms with E-state index in [0.29, 0.717) is 12.1 Å². The van der Waals surface area contributed by atoms with Crippen LogP contribution in [-0.2, 0) is 9.47 Å². The van der Waals surface area contributed by atoms with Crippen molar-refractivity contribution < 1.29 is 32.7 Å². The maximum Gasteiger partial charge on any atom is 0.513 e. The molecule has 10 heteroatoms. The van der Waals surface area contributed by atoms with Crippen molar-refractivity contribution >= 4 is 6.16 Å². The number of carbonyl (C=O) groups excluding carboxylic acids is 1. The highest BCUT2D eigenvalue weighted by atomic mass is 19.3. The largest absolute Gasteiger partial charge is 0.513 e. The number of para-hydroxylation sites is 1.